The van der Waals surface area contributed by atoms with Crippen molar-refractivity contribution in [3.8, 4) is 0 Å². The second-order valence-electron chi connectivity index (χ2n) is 4.42. The van der Waals surface area contributed by atoms with Crippen LogP contribution in [0.2, 0.25) is 0 Å². The third-order valence-electron chi connectivity index (χ3n) is 2.81. The molecule has 1 amide bonds. The van der Waals surface area contributed by atoms with E-state index >= 15 is 0 Å². The molecule has 1 atom stereocenters. The van der Waals surface area contributed by atoms with Gasteiger partial charge in [0.15, 0.2) is 6.29 Å². The molecule has 112 valence electrons. The van der Waals surface area contributed by atoms with Crippen molar-refractivity contribution in [1.82, 2.24) is 5.32 Å². The fourth-order valence-corrected chi connectivity index (χ4v) is 2.61. The minimum absolute atomic E-state index is 0.0765. The summed E-state index contributed by atoms with van der Waals surface area (Å²) in [6, 6.07) is 7.87. The van der Waals surface area contributed by atoms with Crippen LogP contribution in [-0.4, -0.2) is 31.9 Å². The van der Waals surface area contributed by atoms with Gasteiger partial charge in [-0.25, -0.2) is 0 Å². The van der Waals surface area contributed by atoms with E-state index in [1.54, 1.807) is 26.0 Å². The summed E-state index contributed by atoms with van der Waals surface area (Å²) in [5, 5.41) is 2.80. The molecular weight excluding hydrogens is 274 g/mol. The molecule has 0 aliphatic rings. The van der Waals surface area contributed by atoms with E-state index in [0.717, 1.165) is 23.4 Å². The first-order valence-electron chi connectivity index (χ1n) is 6.72. The van der Waals surface area contributed by atoms with Crippen LogP contribution in [0.3, 0.4) is 0 Å². The van der Waals surface area contributed by atoms with Gasteiger partial charge in [-0.3, -0.25) is 4.79 Å². The van der Waals surface area contributed by atoms with Crippen LogP contribution >= 0.6 is 11.8 Å². The van der Waals surface area contributed by atoms with Gasteiger partial charge in [-0.1, -0.05) is 19.1 Å². The van der Waals surface area contributed by atoms with Gasteiger partial charge in [0.05, 0.1) is 5.25 Å². The molecular formula is C15H23NO3S. The number of hydrogen-bond acceptors (Lipinski definition) is 4. The first-order valence-corrected chi connectivity index (χ1v) is 7.60. The average molecular weight is 297 g/mol. The molecule has 1 N–H and O–H groups in total. The van der Waals surface area contributed by atoms with Crippen molar-refractivity contribution in [1.29, 1.82) is 0 Å². The van der Waals surface area contributed by atoms with Crippen molar-refractivity contribution in [3.05, 3.63) is 29.8 Å². The van der Waals surface area contributed by atoms with Crippen LogP contribution in [0.5, 0.6) is 0 Å². The van der Waals surface area contributed by atoms with Gasteiger partial charge in [0.1, 0.15) is 0 Å². The highest BCUT2D eigenvalue weighted by atomic mass is 32.2. The van der Waals surface area contributed by atoms with Crippen LogP contribution in [0.1, 0.15) is 32.1 Å². The van der Waals surface area contributed by atoms with Crippen molar-refractivity contribution < 1.29 is 14.3 Å². The molecule has 5 heteroatoms. The van der Waals surface area contributed by atoms with E-state index in [9.17, 15) is 4.79 Å². The predicted octanol–water partition coefficient (Wildman–Crippen LogP) is 2.98. The normalized spacial score (nSPS) is 12.4. The van der Waals surface area contributed by atoms with Gasteiger partial charge in [-0.05, 0) is 25.5 Å². The van der Waals surface area contributed by atoms with Gasteiger partial charge < -0.3 is 14.8 Å². The molecule has 0 spiro atoms. The third kappa shape index (κ3) is 5.15. The summed E-state index contributed by atoms with van der Waals surface area (Å²) in [6.45, 7) is 4.68. The molecule has 0 fully saturated rings. The largest absolute Gasteiger partial charge is 0.355 e. The molecule has 1 aromatic carbocycles. The lowest BCUT2D eigenvalue weighted by molar-refractivity contribution is -0.120. The number of amides is 1. The summed E-state index contributed by atoms with van der Waals surface area (Å²) >= 11 is 1.54. The topological polar surface area (TPSA) is 47.6 Å². The summed E-state index contributed by atoms with van der Waals surface area (Å²) in [7, 11) is 3.22. The monoisotopic (exact) mass is 297 g/mol. The Labute approximate surface area is 125 Å². The van der Waals surface area contributed by atoms with Gasteiger partial charge in [0.25, 0.3) is 0 Å². The number of benzene rings is 1. The maximum Gasteiger partial charge on any atom is 0.233 e. The van der Waals surface area contributed by atoms with E-state index in [-0.39, 0.29) is 17.4 Å². The molecule has 0 aromatic heterocycles. The fraction of sp³-hybridized carbons (Fsp3) is 0.533. The molecule has 1 aromatic rings. The van der Waals surface area contributed by atoms with Gasteiger partial charge in [0, 0.05) is 31.2 Å². The second-order valence-corrected chi connectivity index (χ2v) is 5.84. The number of ether oxygens (including phenoxy) is 2. The maximum absolute atomic E-state index is 11.8. The Morgan fingerprint density at radius 2 is 1.85 bits per heavy atom. The number of methoxy groups -OCH3 is 2. The lowest BCUT2D eigenvalue weighted by Crippen LogP contribution is -2.31. The minimum atomic E-state index is -0.348. The van der Waals surface area contributed by atoms with Crippen LogP contribution < -0.4 is 5.32 Å². The minimum Gasteiger partial charge on any atom is -0.355 e. The SMILES string of the molecule is CCCNC(=O)C(C)Sc1ccc(C(OC)OC)cc1. The Morgan fingerprint density at radius 3 is 2.35 bits per heavy atom. The molecule has 1 rings (SSSR count). The molecule has 0 aliphatic carbocycles. The predicted molar refractivity (Wildman–Crippen MR) is 81.8 cm³/mol. The van der Waals surface area contributed by atoms with E-state index in [1.807, 2.05) is 38.1 Å². The van der Waals surface area contributed by atoms with Crippen LogP contribution in [0.15, 0.2) is 29.2 Å². The number of rotatable bonds is 8. The number of carbonyl (C=O) groups excluding carboxylic acids is 1. The quantitative estimate of drug-likeness (QED) is 0.592. The highest BCUT2D eigenvalue weighted by Crippen LogP contribution is 2.26. The van der Waals surface area contributed by atoms with Crippen molar-refractivity contribution in [2.24, 2.45) is 0 Å². The van der Waals surface area contributed by atoms with Crippen molar-refractivity contribution >= 4 is 17.7 Å². The first kappa shape index (κ1) is 17.0. The standard InChI is InChI=1S/C15H23NO3S/c1-5-10-16-14(17)11(2)20-13-8-6-12(7-9-13)15(18-3)19-4/h6-9,11,15H,5,10H2,1-4H3,(H,16,17). The summed E-state index contributed by atoms with van der Waals surface area (Å²) in [5.41, 5.74) is 0.961. The Kier molecular flexibility index (Phi) is 7.65. The molecule has 0 saturated heterocycles. The van der Waals surface area contributed by atoms with E-state index < -0.39 is 0 Å². The van der Waals surface area contributed by atoms with Crippen LogP contribution in [0.25, 0.3) is 0 Å². The van der Waals surface area contributed by atoms with Gasteiger partial charge in [-0.15, -0.1) is 11.8 Å². The smallest absolute Gasteiger partial charge is 0.233 e. The van der Waals surface area contributed by atoms with Gasteiger partial charge in [-0.2, -0.15) is 0 Å². The molecule has 4 nitrogen and oxygen atoms in total. The zero-order chi connectivity index (χ0) is 15.0. The lowest BCUT2D eigenvalue weighted by atomic mass is 10.2. The number of thioether (sulfide) groups is 1. The van der Waals surface area contributed by atoms with Crippen molar-refractivity contribution in [2.75, 3.05) is 20.8 Å². The molecule has 0 bridgehead atoms. The molecule has 1 unspecified atom stereocenters. The average Bonchev–Trinajstić information content (AvgIpc) is 2.47. The lowest BCUT2D eigenvalue weighted by Gasteiger charge is -2.15. The zero-order valence-corrected chi connectivity index (χ0v) is 13.3. The molecule has 20 heavy (non-hydrogen) atoms. The Bertz CT molecular complexity index is 404. The zero-order valence-electron chi connectivity index (χ0n) is 12.5. The highest BCUT2D eigenvalue weighted by Gasteiger charge is 2.14. The summed E-state index contributed by atoms with van der Waals surface area (Å²) in [4.78, 5) is 12.9. The summed E-state index contributed by atoms with van der Waals surface area (Å²) < 4.78 is 10.4. The highest BCUT2D eigenvalue weighted by molar-refractivity contribution is 8.00. The van der Waals surface area contributed by atoms with Crippen molar-refractivity contribution in [2.45, 2.75) is 36.7 Å². The Balaban J connectivity index is 2.58. The molecule has 0 radical (unpaired) electrons. The van der Waals surface area contributed by atoms with Gasteiger partial charge >= 0.3 is 0 Å². The van der Waals surface area contributed by atoms with Gasteiger partial charge in [0.2, 0.25) is 5.91 Å². The molecule has 0 saturated carbocycles. The second kappa shape index (κ2) is 9.00. The van der Waals surface area contributed by atoms with E-state index in [4.69, 9.17) is 9.47 Å². The number of hydrogen-bond donors (Lipinski definition) is 1. The van der Waals surface area contributed by atoms with E-state index in [1.165, 1.54) is 0 Å². The molecule has 0 heterocycles. The van der Waals surface area contributed by atoms with E-state index in [2.05, 4.69) is 5.32 Å². The fourth-order valence-electron chi connectivity index (χ4n) is 1.72. The first-order chi connectivity index (χ1) is 9.62. The van der Waals surface area contributed by atoms with E-state index in [0.29, 0.717) is 0 Å². The molecule has 0 aliphatic heterocycles. The van der Waals surface area contributed by atoms with Crippen LogP contribution in [0, 0.1) is 0 Å². The maximum atomic E-state index is 11.8. The van der Waals surface area contributed by atoms with Crippen LogP contribution in [0.4, 0.5) is 0 Å². The van der Waals surface area contributed by atoms with Crippen molar-refractivity contribution in [3.63, 3.8) is 0 Å². The summed E-state index contributed by atoms with van der Waals surface area (Å²) in [5.74, 6) is 0.0765. The summed E-state index contributed by atoms with van der Waals surface area (Å²) in [6.07, 6.45) is 0.604. The Hall–Kier alpha value is -1.04. The van der Waals surface area contributed by atoms with Crippen LogP contribution in [-0.2, 0) is 14.3 Å². The third-order valence-corrected chi connectivity index (χ3v) is 3.92. The number of nitrogens with one attached hydrogen (secondary N) is 1. The number of carbonyl (C=O) groups is 1. The Morgan fingerprint density at radius 1 is 1.25 bits per heavy atom.